The number of nitrogens with zero attached hydrogens (tertiary/aromatic N) is 2. The van der Waals surface area contributed by atoms with Crippen LogP contribution in [0.3, 0.4) is 0 Å². The van der Waals surface area contributed by atoms with E-state index in [4.69, 9.17) is 0 Å². The Bertz CT molecular complexity index is 604. The van der Waals surface area contributed by atoms with Crippen molar-refractivity contribution >= 4 is 15.9 Å². The summed E-state index contributed by atoms with van der Waals surface area (Å²) in [6, 6.07) is 2.56. The maximum Gasteiger partial charge on any atom is 0.255 e. The van der Waals surface area contributed by atoms with Crippen LogP contribution in [0.15, 0.2) is 18.3 Å². The average molecular weight is 315 g/mol. The van der Waals surface area contributed by atoms with Crippen molar-refractivity contribution in [3.63, 3.8) is 0 Å². The van der Waals surface area contributed by atoms with Crippen molar-refractivity contribution in [1.29, 1.82) is 0 Å². The lowest BCUT2D eigenvalue weighted by Gasteiger charge is -2.32. The van der Waals surface area contributed by atoms with Gasteiger partial charge in [-0.15, -0.1) is 0 Å². The quantitative estimate of drug-likeness (QED) is 0.826. The molecule has 0 bridgehead atoms. The van der Waals surface area contributed by atoms with E-state index in [1.165, 1.54) is 12.3 Å². The number of amides is 1. The molecule has 2 heterocycles. The third kappa shape index (κ3) is 4.75. The van der Waals surface area contributed by atoms with Crippen LogP contribution in [0.2, 0.25) is 0 Å². The molecular formula is C13H18FN3O3S. The summed E-state index contributed by atoms with van der Waals surface area (Å²) in [7, 11) is -3.22. The monoisotopic (exact) mass is 315 g/mol. The number of carbonyl (C=O) groups excluding carboxylic acids is 1. The van der Waals surface area contributed by atoms with Crippen molar-refractivity contribution in [2.45, 2.75) is 12.8 Å². The van der Waals surface area contributed by atoms with E-state index in [1.807, 2.05) is 0 Å². The van der Waals surface area contributed by atoms with Gasteiger partial charge in [-0.25, -0.2) is 18.1 Å². The normalized spacial score (nSPS) is 19.5. The second-order valence-electron chi connectivity index (χ2n) is 5.25. The van der Waals surface area contributed by atoms with Gasteiger partial charge in [0.2, 0.25) is 16.0 Å². The standard InChI is InChI=1S/C13H18FN3O3S/c1-21(19,20)16-7-10-3-2-6-17(9-10)13(18)11-4-5-12(14)15-8-11/h4-5,8,10,16H,2-3,6-7,9H2,1H3. The van der Waals surface area contributed by atoms with Gasteiger partial charge in [0.15, 0.2) is 0 Å². The Labute approximate surface area is 123 Å². The van der Waals surface area contributed by atoms with Crippen LogP contribution in [0, 0.1) is 11.9 Å². The molecule has 0 aromatic carbocycles. The molecule has 1 saturated heterocycles. The second-order valence-corrected chi connectivity index (χ2v) is 7.08. The van der Waals surface area contributed by atoms with Crippen LogP contribution < -0.4 is 4.72 Å². The fourth-order valence-corrected chi connectivity index (χ4v) is 2.91. The van der Waals surface area contributed by atoms with Crippen LogP contribution in [-0.2, 0) is 10.0 Å². The molecule has 116 valence electrons. The summed E-state index contributed by atoms with van der Waals surface area (Å²) < 4.78 is 37.5. The fraction of sp³-hybridized carbons (Fsp3) is 0.538. The molecule has 0 radical (unpaired) electrons. The van der Waals surface area contributed by atoms with Crippen LogP contribution >= 0.6 is 0 Å². The first-order chi connectivity index (χ1) is 9.85. The smallest absolute Gasteiger partial charge is 0.255 e. The number of carbonyl (C=O) groups is 1. The van der Waals surface area contributed by atoms with Gasteiger partial charge >= 0.3 is 0 Å². The van der Waals surface area contributed by atoms with Crippen molar-refractivity contribution in [2.75, 3.05) is 25.9 Å². The Kier molecular flexibility index (Phi) is 4.89. The molecule has 1 aromatic rings. The van der Waals surface area contributed by atoms with Crippen molar-refractivity contribution in [1.82, 2.24) is 14.6 Å². The number of likely N-dealkylation sites (tertiary alicyclic amines) is 1. The minimum atomic E-state index is -3.22. The molecule has 1 aromatic heterocycles. The first-order valence-electron chi connectivity index (χ1n) is 6.70. The Morgan fingerprint density at radius 1 is 1.52 bits per heavy atom. The molecule has 6 nitrogen and oxygen atoms in total. The SMILES string of the molecule is CS(=O)(=O)NCC1CCCN(C(=O)c2ccc(F)nc2)C1. The molecular weight excluding hydrogens is 297 g/mol. The van der Waals surface area contributed by atoms with Crippen molar-refractivity contribution in [3.8, 4) is 0 Å². The Morgan fingerprint density at radius 2 is 2.29 bits per heavy atom. The zero-order chi connectivity index (χ0) is 15.5. The lowest BCUT2D eigenvalue weighted by molar-refractivity contribution is 0.0676. The highest BCUT2D eigenvalue weighted by Crippen LogP contribution is 2.18. The first kappa shape index (κ1) is 15.8. The minimum absolute atomic E-state index is 0.0887. The van der Waals surface area contributed by atoms with Crippen LogP contribution in [0.5, 0.6) is 0 Å². The Hall–Kier alpha value is -1.54. The summed E-state index contributed by atoms with van der Waals surface area (Å²) >= 11 is 0. The van der Waals surface area contributed by atoms with E-state index in [0.717, 1.165) is 25.2 Å². The topological polar surface area (TPSA) is 79.4 Å². The highest BCUT2D eigenvalue weighted by molar-refractivity contribution is 7.88. The minimum Gasteiger partial charge on any atom is -0.338 e. The van der Waals surface area contributed by atoms with Crippen molar-refractivity contribution in [3.05, 3.63) is 29.8 Å². The predicted octanol–water partition coefficient (Wildman–Crippen LogP) is 0.622. The summed E-state index contributed by atoms with van der Waals surface area (Å²) in [4.78, 5) is 17.4. The van der Waals surface area contributed by atoms with Crippen LogP contribution in [0.4, 0.5) is 4.39 Å². The second kappa shape index (κ2) is 6.48. The molecule has 0 saturated carbocycles. The van der Waals surface area contributed by atoms with E-state index in [0.29, 0.717) is 25.2 Å². The van der Waals surface area contributed by atoms with Gasteiger partial charge in [0, 0.05) is 25.8 Å². The zero-order valence-electron chi connectivity index (χ0n) is 11.8. The largest absolute Gasteiger partial charge is 0.338 e. The molecule has 1 unspecified atom stereocenters. The van der Waals surface area contributed by atoms with Crippen LogP contribution in [0.1, 0.15) is 23.2 Å². The van der Waals surface area contributed by atoms with E-state index in [2.05, 4.69) is 9.71 Å². The summed E-state index contributed by atoms with van der Waals surface area (Å²) in [6.45, 7) is 1.43. The van der Waals surface area contributed by atoms with E-state index in [9.17, 15) is 17.6 Å². The van der Waals surface area contributed by atoms with Gasteiger partial charge < -0.3 is 4.90 Å². The maximum absolute atomic E-state index is 12.8. The van der Waals surface area contributed by atoms with Crippen molar-refractivity contribution in [2.24, 2.45) is 5.92 Å². The Morgan fingerprint density at radius 3 is 2.90 bits per heavy atom. The summed E-state index contributed by atoms with van der Waals surface area (Å²) in [6.07, 6.45) is 4.02. The summed E-state index contributed by atoms with van der Waals surface area (Å²) in [5, 5.41) is 0. The fourth-order valence-electron chi connectivity index (χ4n) is 2.37. The third-order valence-corrected chi connectivity index (χ3v) is 4.11. The van der Waals surface area contributed by atoms with Gasteiger partial charge in [0.05, 0.1) is 11.8 Å². The van der Waals surface area contributed by atoms with Crippen molar-refractivity contribution < 1.29 is 17.6 Å². The van der Waals surface area contributed by atoms with Crippen LogP contribution in [0.25, 0.3) is 0 Å². The van der Waals surface area contributed by atoms with Gasteiger partial charge in [-0.05, 0) is 30.9 Å². The number of hydrogen-bond acceptors (Lipinski definition) is 4. The highest BCUT2D eigenvalue weighted by atomic mass is 32.2. The van der Waals surface area contributed by atoms with Gasteiger partial charge in [-0.2, -0.15) is 4.39 Å². The molecule has 21 heavy (non-hydrogen) atoms. The molecule has 1 atom stereocenters. The molecule has 2 rings (SSSR count). The summed E-state index contributed by atoms with van der Waals surface area (Å²) in [5.74, 6) is -0.738. The Balaban J connectivity index is 1.97. The number of nitrogens with one attached hydrogen (secondary N) is 1. The number of sulfonamides is 1. The molecule has 1 fully saturated rings. The molecule has 0 aliphatic carbocycles. The molecule has 1 N–H and O–H groups in total. The molecule has 1 aliphatic heterocycles. The highest BCUT2D eigenvalue weighted by Gasteiger charge is 2.25. The lowest BCUT2D eigenvalue weighted by atomic mass is 9.98. The molecule has 1 aliphatic rings. The van der Waals surface area contributed by atoms with Crippen LogP contribution in [-0.4, -0.2) is 50.1 Å². The molecule has 1 amide bonds. The number of halogens is 1. The lowest BCUT2D eigenvalue weighted by Crippen LogP contribution is -2.43. The predicted molar refractivity (Wildman–Crippen MR) is 75.7 cm³/mol. The van der Waals surface area contributed by atoms with Gasteiger partial charge in [-0.1, -0.05) is 0 Å². The van der Waals surface area contributed by atoms with Gasteiger partial charge in [0.25, 0.3) is 5.91 Å². The number of hydrogen-bond donors (Lipinski definition) is 1. The summed E-state index contributed by atoms with van der Waals surface area (Å²) in [5.41, 5.74) is 0.341. The van der Waals surface area contributed by atoms with E-state index in [1.54, 1.807) is 4.90 Å². The number of rotatable bonds is 4. The maximum atomic E-state index is 12.8. The molecule has 8 heteroatoms. The van der Waals surface area contributed by atoms with E-state index < -0.39 is 16.0 Å². The average Bonchev–Trinajstić information content (AvgIpc) is 2.45. The number of piperidine rings is 1. The van der Waals surface area contributed by atoms with E-state index in [-0.39, 0.29) is 11.8 Å². The van der Waals surface area contributed by atoms with E-state index >= 15 is 0 Å². The third-order valence-electron chi connectivity index (χ3n) is 3.41. The number of pyridine rings is 1. The first-order valence-corrected chi connectivity index (χ1v) is 8.60. The zero-order valence-corrected chi connectivity index (χ0v) is 12.6. The molecule has 0 spiro atoms. The van der Waals surface area contributed by atoms with Gasteiger partial charge in [0.1, 0.15) is 0 Å². The number of aromatic nitrogens is 1. The van der Waals surface area contributed by atoms with Gasteiger partial charge in [-0.3, -0.25) is 4.79 Å².